The molecule has 1 amide bonds. The number of para-hydroxylation sites is 1. The van der Waals surface area contributed by atoms with Crippen molar-refractivity contribution in [1.29, 1.82) is 0 Å². The third kappa shape index (κ3) is 4.57. The summed E-state index contributed by atoms with van der Waals surface area (Å²) in [6.07, 6.45) is 0.998. The number of carbonyl (C=O) groups excluding carboxylic acids is 1. The van der Waals surface area contributed by atoms with Gasteiger partial charge in [-0.15, -0.1) is 11.8 Å². The van der Waals surface area contributed by atoms with Crippen molar-refractivity contribution in [2.75, 3.05) is 18.0 Å². The Bertz CT molecular complexity index is 735. The fourth-order valence-corrected chi connectivity index (χ4v) is 4.19. The van der Waals surface area contributed by atoms with Crippen LogP contribution in [0.3, 0.4) is 0 Å². The first-order valence-corrected chi connectivity index (χ1v) is 9.85. The van der Waals surface area contributed by atoms with Crippen molar-refractivity contribution in [3.05, 3.63) is 59.1 Å². The zero-order chi connectivity index (χ0) is 17.8. The summed E-state index contributed by atoms with van der Waals surface area (Å²) in [5.41, 5.74) is 2.15. The number of amides is 1. The van der Waals surface area contributed by atoms with E-state index in [1.54, 1.807) is 0 Å². The quantitative estimate of drug-likeness (QED) is 0.825. The van der Waals surface area contributed by atoms with Crippen molar-refractivity contribution in [2.45, 2.75) is 36.5 Å². The molecule has 1 aliphatic heterocycles. The first kappa shape index (κ1) is 18.3. The third-order valence-corrected chi connectivity index (χ3v) is 5.96. The van der Waals surface area contributed by atoms with Crippen LogP contribution < -0.4 is 10.2 Å². The van der Waals surface area contributed by atoms with Gasteiger partial charge in [0, 0.05) is 27.8 Å². The van der Waals surface area contributed by atoms with E-state index in [9.17, 15) is 4.79 Å². The number of fused-ring (bicyclic) bond motifs is 1. The lowest BCUT2D eigenvalue weighted by molar-refractivity contribution is -0.117. The number of anilines is 1. The molecule has 5 heteroatoms. The van der Waals surface area contributed by atoms with Crippen LogP contribution in [0.1, 0.15) is 31.9 Å². The van der Waals surface area contributed by atoms with E-state index in [0.29, 0.717) is 11.8 Å². The van der Waals surface area contributed by atoms with Gasteiger partial charge in [0.15, 0.2) is 0 Å². The van der Waals surface area contributed by atoms with Crippen molar-refractivity contribution in [1.82, 2.24) is 5.32 Å². The van der Waals surface area contributed by atoms with E-state index < -0.39 is 0 Å². The van der Waals surface area contributed by atoms with Gasteiger partial charge in [-0.25, -0.2) is 0 Å². The predicted molar refractivity (Wildman–Crippen MR) is 107 cm³/mol. The molecule has 0 aliphatic carbocycles. The Balaban J connectivity index is 1.67. The maximum atomic E-state index is 12.8. The number of hydrogen-bond donors (Lipinski definition) is 1. The molecule has 132 valence electrons. The second-order valence-electron chi connectivity index (χ2n) is 6.38. The predicted octanol–water partition coefficient (Wildman–Crippen LogP) is 4.91. The fraction of sp³-hybridized carbons (Fsp3) is 0.350. The molecular weight excluding hydrogens is 352 g/mol. The Kier molecular flexibility index (Phi) is 6.05. The molecule has 0 spiro atoms. The molecule has 1 heterocycles. The van der Waals surface area contributed by atoms with Crippen molar-refractivity contribution < 1.29 is 4.79 Å². The smallest absolute Gasteiger partial charge is 0.240 e. The minimum absolute atomic E-state index is 0.0942. The topological polar surface area (TPSA) is 32.3 Å². The van der Waals surface area contributed by atoms with Crippen LogP contribution in [0.15, 0.2) is 53.4 Å². The molecular formula is C20H23ClN2OS. The summed E-state index contributed by atoms with van der Waals surface area (Å²) < 4.78 is 0. The number of rotatable bonds is 4. The summed E-state index contributed by atoms with van der Waals surface area (Å²) in [6.45, 7) is 5.36. The maximum Gasteiger partial charge on any atom is 0.240 e. The number of thioether (sulfide) groups is 1. The zero-order valence-corrected chi connectivity index (χ0v) is 16.1. The molecule has 0 bridgehead atoms. The van der Waals surface area contributed by atoms with Crippen LogP contribution in [0.2, 0.25) is 5.02 Å². The van der Waals surface area contributed by atoms with Crippen molar-refractivity contribution in [3.8, 4) is 0 Å². The van der Waals surface area contributed by atoms with Gasteiger partial charge in [-0.2, -0.15) is 0 Å². The van der Waals surface area contributed by atoms with Gasteiger partial charge in [0.2, 0.25) is 5.91 Å². The summed E-state index contributed by atoms with van der Waals surface area (Å²) in [4.78, 5) is 16.0. The third-order valence-electron chi connectivity index (χ3n) is 4.47. The highest BCUT2D eigenvalue weighted by molar-refractivity contribution is 8.00. The lowest BCUT2D eigenvalue weighted by Crippen LogP contribution is -2.39. The van der Waals surface area contributed by atoms with E-state index in [1.807, 2.05) is 59.1 Å². The van der Waals surface area contributed by atoms with Crippen molar-refractivity contribution in [3.63, 3.8) is 0 Å². The van der Waals surface area contributed by atoms with Gasteiger partial charge < -0.3 is 10.2 Å². The lowest BCUT2D eigenvalue weighted by Gasteiger charge is -2.24. The Labute approximate surface area is 158 Å². The first-order valence-electron chi connectivity index (χ1n) is 8.59. The molecule has 2 aromatic rings. The highest BCUT2D eigenvalue weighted by Gasteiger charge is 2.24. The van der Waals surface area contributed by atoms with Crippen molar-refractivity contribution in [2.24, 2.45) is 0 Å². The number of carbonyl (C=O) groups is 1. The molecule has 0 unspecified atom stereocenters. The standard InChI is InChI=1S/C20H23ClN2OS/c1-14-11-12-23(18-5-3-4-6-19(18)25-14)20(24)13-22-15(2)16-7-9-17(21)10-8-16/h3-10,14-15,22H,11-13H2,1-2H3/t14-,15+/m1/s1. The van der Waals surface area contributed by atoms with E-state index in [-0.39, 0.29) is 11.9 Å². The van der Waals surface area contributed by atoms with E-state index in [0.717, 1.165) is 29.2 Å². The Morgan fingerprint density at radius 1 is 1.28 bits per heavy atom. The number of nitrogens with one attached hydrogen (secondary N) is 1. The summed E-state index contributed by atoms with van der Waals surface area (Å²) in [5.74, 6) is 0.114. The molecule has 3 rings (SSSR count). The SMILES string of the molecule is C[C@@H]1CCN(C(=O)CN[C@@H](C)c2ccc(Cl)cc2)c2ccccc2S1. The Morgan fingerprint density at radius 2 is 2.00 bits per heavy atom. The molecule has 2 atom stereocenters. The Morgan fingerprint density at radius 3 is 2.76 bits per heavy atom. The van der Waals surface area contributed by atoms with Gasteiger partial charge in [0.25, 0.3) is 0 Å². The van der Waals surface area contributed by atoms with Crippen LogP contribution >= 0.6 is 23.4 Å². The largest absolute Gasteiger partial charge is 0.310 e. The average Bonchev–Trinajstić information content (AvgIpc) is 2.78. The number of halogens is 1. The highest BCUT2D eigenvalue weighted by Crippen LogP contribution is 2.37. The summed E-state index contributed by atoms with van der Waals surface area (Å²) >= 11 is 7.79. The van der Waals surface area contributed by atoms with Gasteiger partial charge in [-0.05, 0) is 43.2 Å². The summed E-state index contributed by atoms with van der Waals surface area (Å²) in [7, 11) is 0. The lowest BCUT2D eigenvalue weighted by atomic mass is 10.1. The molecule has 1 aliphatic rings. The molecule has 2 aromatic carbocycles. The molecule has 0 saturated heterocycles. The van der Waals surface area contributed by atoms with Crippen LogP contribution in [-0.2, 0) is 4.79 Å². The Hall–Kier alpha value is -1.49. The minimum atomic E-state index is 0.0942. The van der Waals surface area contributed by atoms with Gasteiger partial charge in [-0.1, -0.05) is 42.8 Å². The van der Waals surface area contributed by atoms with E-state index in [1.165, 1.54) is 4.90 Å². The van der Waals surface area contributed by atoms with Crippen LogP contribution in [0.25, 0.3) is 0 Å². The zero-order valence-electron chi connectivity index (χ0n) is 14.5. The molecule has 0 aromatic heterocycles. The second-order valence-corrected chi connectivity index (χ2v) is 8.30. The van der Waals surface area contributed by atoms with Crippen molar-refractivity contribution >= 4 is 35.0 Å². The highest BCUT2D eigenvalue weighted by atomic mass is 35.5. The number of benzene rings is 2. The van der Waals surface area contributed by atoms with Gasteiger partial charge >= 0.3 is 0 Å². The van der Waals surface area contributed by atoms with Gasteiger partial charge in [-0.3, -0.25) is 4.79 Å². The van der Waals surface area contributed by atoms with Gasteiger partial charge in [0.1, 0.15) is 0 Å². The van der Waals surface area contributed by atoms with Crippen LogP contribution in [-0.4, -0.2) is 24.2 Å². The first-order chi connectivity index (χ1) is 12.0. The molecule has 1 N–H and O–H groups in total. The van der Waals surface area contributed by atoms with Gasteiger partial charge in [0.05, 0.1) is 12.2 Å². The normalized spacial score (nSPS) is 18.4. The van der Waals surface area contributed by atoms with Crippen LogP contribution in [0, 0.1) is 0 Å². The maximum absolute atomic E-state index is 12.8. The monoisotopic (exact) mass is 374 g/mol. The second kappa shape index (κ2) is 8.26. The molecule has 0 fully saturated rings. The fourth-order valence-electron chi connectivity index (χ4n) is 2.95. The minimum Gasteiger partial charge on any atom is -0.310 e. The molecule has 0 saturated carbocycles. The molecule has 0 radical (unpaired) electrons. The summed E-state index contributed by atoms with van der Waals surface area (Å²) in [5, 5.41) is 4.57. The average molecular weight is 375 g/mol. The van der Waals surface area contributed by atoms with E-state index in [2.05, 4.69) is 25.2 Å². The number of nitrogens with zero attached hydrogens (tertiary/aromatic N) is 1. The summed E-state index contributed by atoms with van der Waals surface area (Å²) in [6, 6.07) is 16.0. The number of hydrogen-bond acceptors (Lipinski definition) is 3. The molecule has 25 heavy (non-hydrogen) atoms. The molecule has 3 nitrogen and oxygen atoms in total. The van der Waals surface area contributed by atoms with Crippen LogP contribution in [0.5, 0.6) is 0 Å². The van der Waals surface area contributed by atoms with Crippen LogP contribution in [0.4, 0.5) is 5.69 Å². The van der Waals surface area contributed by atoms with E-state index >= 15 is 0 Å². The van der Waals surface area contributed by atoms with E-state index in [4.69, 9.17) is 11.6 Å².